The van der Waals surface area contributed by atoms with E-state index in [9.17, 15) is 0 Å². The second-order valence-electron chi connectivity index (χ2n) is 10.3. The average molecular weight is 545 g/mol. The van der Waals surface area contributed by atoms with Gasteiger partial charge < -0.3 is 10.3 Å². The zero-order chi connectivity index (χ0) is 27.8. The van der Waals surface area contributed by atoms with E-state index in [0.29, 0.717) is 5.92 Å². The number of pyridine rings is 2. The lowest BCUT2D eigenvalue weighted by Gasteiger charge is -2.28. The summed E-state index contributed by atoms with van der Waals surface area (Å²) in [4.78, 5) is 15.4. The van der Waals surface area contributed by atoms with E-state index in [1.807, 2.05) is 44.4 Å². The Bertz CT molecular complexity index is 1840. The third-order valence-electron chi connectivity index (χ3n) is 7.54. The van der Waals surface area contributed by atoms with Crippen molar-refractivity contribution in [2.24, 2.45) is 5.92 Å². The number of thiophene rings is 1. The fourth-order valence-corrected chi connectivity index (χ4v) is 5.95. The number of fused-ring (bicyclic) bond motifs is 2. The molecule has 5 aromatic heterocycles. The van der Waals surface area contributed by atoms with Crippen molar-refractivity contribution in [1.82, 2.24) is 30.5 Å². The summed E-state index contributed by atoms with van der Waals surface area (Å²) in [5.41, 5.74) is 10.3. The van der Waals surface area contributed by atoms with Gasteiger partial charge in [-0.15, -0.1) is 11.3 Å². The first-order valence-corrected chi connectivity index (χ1v) is 14.3. The Morgan fingerprint density at radius 1 is 1.12 bits per heavy atom. The molecule has 6 nitrogen and oxygen atoms in total. The summed E-state index contributed by atoms with van der Waals surface area (Å²) in [6.45, 7) is 16.4. The van der Waals surface area contributed by atoms with E-state index in [0.717, 1.165) is 72.0 Å². The normalized spacial score (nSPS) is 14.4. The van der Waals surface area contributed by atoms with Crippen molar-refractivity contribution in [1.29, 1.82) is 0 Å². The smallest absolute Gasteiger partial charge is 0.135 e. The molecule has 7 heteroatoms. The minimum Gasteiger partial charge on any atom is -0.359 e. The van der Waals surface area contributed by atoms with Gasteiger partial charge in [-0.3, -0.25) is 10.1 Å². The Hall–Kier alpha value is -4.49. The molecule has 0 amide bonds. The zero-order valence-electron chi connectivity index (χ0n) is 22.8. The third kappa shape index (κ3) is 4.73. The molecule has 0 spiro atoms. The first-order valence-electron chi connectivity index (χ1n) is 13.5. The molecule has 1 aliphatic rings. The van der Waals surface area contributed by atoms with E-state index < -0.39 is 0 Å². The Labute approximate surface area is 238 Å². The highest BCUT2D eigenvalue weighted by molar-refractivity contribution is 7.16. The first kappa shape index (κ1) is 25.8. The number of nitrogens with zero attached hydrogens (tertiary/aromatic N) is 3. The topological polar surface area (TPSA) is 82.3 Å². The quantitative estimate of drug-likeness (QED) is 0.162. The maximum Gasteiger partial charge on any atom is 0.135 e. The molecule has 3 N–H and O–H groups in total. The van der Waals surface area contributed by atoms with Crippen LogP contribution in [0.25, 0.3) is 54.9 Å². The summed E-state index contributed by atoms with van der Waals surface area (Å²) >= 11 is 1.73. The van der Waals surface area contributed by atoms with Crippen LogP contribution in [0.3, 0.4) is 0 Å². The van der Waals surface area contributed by atoms with Gasteiger partial charge in [-0.1, -0.05) is 32.2 Å². The highest BCUT2D eigenvalue weighted by Crippen LogP contribution is 2.37. The van der Waals surface area contributed by atoms with E-state index in [4.69, 9.17) is 4.98 Å². The van der Waals surface area contributed by atoms with Crippen LogP contribution in [0.1, 0.15) is 43.7 Å². The Kier molecular flexibility index (Phi) is 6.82. The van der Waals surface area contributed by atoms with Crippen LogP contribution in [-0.4, -0.2) is 25.1 Å². The van der Waals surface area contributed by atoms with Crippen LogP contribution >= 0.6 is 11.3 Å². The molecule has 200 valence electrons. The van der Waals surface area contributed by atoms with E-state index in [-0.39, 0.29) is 0 Å². The molecule has 40 heavy (non-hydrogen) atoms. The molecule has 5 heterocycles. The van der Waals surface area contributed by atoms with Crippen LogP contribution in [0.4, 0.5) is 0 Å². The molecule has 1 fully saturated rings. The van der Waals surface area contributed by atoms with E-state index >= 15 is 0 Å². The summed E-state index contributed by atoms with van der Waals surface area (Å²) < 4.78 is 0. The molecule has 6 rings (SSSR count). The van der Waals surface area contributed by atoms with E-state index in [1.54, 1.807) is 11.3 Å². The van der Waals surface area contributed by atoms with Crippen LogP contribution in [0, 0.1) is 5.92 Å². The van der Waals surface area contributed by atoms with Gasteiger partial charge in [0.2, 0.25) is 0 Å². The Balaban J connectivity index is 1.36. The number of hydrogen-bond donors (Lipinski definition) is 3. The molecule has 0 aliphatic heterocycles. The zero-order valence-corrected chi connectivity index (χ0v) is 23.7. The average Bonchev–Trinajstić information content (AvgIpc) is 3.67. The minimum atomic E-state index is 0.542. The van der Waals surface area contributed by atoms with Gasteiger partial charge in [-0.05, 0) is 86.2 Å². The Morgan fingerprint density at radius 2 is 1.98 bits per heavy atom. The fraction of sp³-hybridized carbons (Fsp3) is 0.182. The maximum absolute atomic E-state index is 5.05. The lowest BCUT2D eigenvalue weighted by molar-refractivity contribution is 0.356. The summed E-state index contributed by atoms with van der Waals surface area (Å²) in [7, 11) is 0. The predicted molar refractivity (Wildman–Crippen MR) is 169 cm³/mol. The lowest BCUT2D eigenvalue weighted by atomic mass is 9.83. The number of H-pyrrole nitrogens is 2. The van der Waals surface area contributed by atoms with Gasteiger partial charge in [-0.25, -0.2) is 4.98 Å². The molecular weight excluding hydrogens is 512 g/mol. The van der Waals surface area contributed by atoms with Crippen molar-refractivity contribution in [2.75, 3.05) is 0 Å². The molecule has 0 saturated heterocycles. The first-order chi connectivity index (χ1) is 19.4. The predicted octanol–water partition coefficient (Wildman–Crippen LogP) is 8.64. The molecule has 0 aromatic carbocycles. The molecule has 1 saturated carbocycles. The molecule has 1 aliphatic carbocycles. The second-order valence-corrected chi connectivity index (χ2v) is 11.4. The van der Waals surface area contributed by atoms with Crippen molar-refractivity contribution in [3.63, 3.8) is 0 Å². The van der Waals surface area contributed by atoms with Gasteiger partial charge in [-0.2, -0.15) is 5.10 Å². The van der Waals surface area contributed by atoms with Gasteiger partial charge in [0.25, 0.3) is 0 Å². The van der Waals surface area contributed by atoms with E-state index in [1.165, 1.54) is 24.1 Å². The standard InChI is InChI=1S/C33H32N6S/c1-6-21(15-23(7-2)35-20(5)22-9-8-10-22)26-11-12-27-32(37-26)33(39-38-27)28-16-24-25(17-34-18-29(24)36-28)31-14-13-30(40-31)19(3)4/h6-7,11-18,22,35-36H,2-3,5,8-10H2,1,4H3,(H,38,39)/b21-6+,23-15+. The van der Waals surface area contributed by atoms with Crippen LogP contribution in [0.5, 0.6) is 0 Å². The summed E-state index contributed by atoms with van der Waals surface area (Å²) in [5.74, 6) is 0.542. The van der Waals surface area contributed by atoms with Crippen LogP contribution in [0.15, 0.2) is 92.1 Å². The summed E-state index contributed by atoms with van der Waals surface area (Å²) in [6.07, 6.45) is 13.4. The van der Waals surface area contributed by atoms with Crippen molar-refractivity contribution >= 4 is 44.4 Å². The van der Waals surface area contributed by atoms with E-state index in [2.05, 4.69) is 75.6 Å². The third-order valence-corrected chi connectivity index (χ3v) is 8.82. The van der Waals surface area contributed by atoms with Gasteiger partial charge in [0.05, 0.1) is 28.6 Å². The number of allylic oxidation sites excluding steroid dienone is 6. The maximum atomic E-state index is 5.05. The number of nitrogens with one attached hydrogen (secondary N) is 3. The molecule has 5 aromatic rings. The highest BCUT2D eigenvalue weighted by Gasteiger charge is 2.21. The van der Waals surface area contributed by atoms with Crippen LogP contribution in [-0.2, 0) is 0 Å². The lowest BCUT2D eigenvalue weighted by Crippen LogP contribution is -2.23. The van der Waals surface area contributed by atoms with Crippen molar-refractivity contribution in [2.45, 2.75) is 33.1 Å². The molecule has 0 radical (unpaired) electrons. The van der Waals surface area contributed by atoms with Gasteiger partial charge >= 0.3 is 0 Å². The molecule has 0 bridgehead atoms. The SMILES string of the molecule is C=C/C(=C\C(=C/C)c1ccc2[nH]nc(-c3cc4c(-c5ccc(C(=C)C)s5)cncc4[nH]3)c2n1)NC(=C)C1CCC1. The highest BCUT2D eigenvalue weighted by atomic mass is 32.1. The fourth-order valence-electron chi connectivity index (χ4n) is 5.00. The minimum absolute atomic E-state index is 0.542. The summed E-state index contributed by atoms with van der Waals surface area (Å²) in [5, 5.41) is 12.4. The monoisotopic (exact) mass is 544 g/mol. The van der Waals surface area contributed by atoms with Gasteiger partial charge in [0, 0.05) is 38.3 Å². The van der Waals surface area contributed by atoms with Gasteiger partial charge in [0.15, 0.2) is 0 Å². The summed E-state index contributed by atoms with van der Waals surface area (Å²) in [6, 6.07) is 10.4. The number of rotatable bonds is 9. The number of aromatic nitrogens is 5. The second kappa shape index (κ2) is 10.6. The molecule has 0 atom stereocenters. The Morgan fingerprint density at radius 3 is 2.67 bits per heavy atom. The molecule has 0 unspecified atom stereocenters. The van der Waals surface area contributed by atoms with Crippen LogP contribution < -0.4 is 5.32 Å². The number of hydrogen-bond acceptors (Lipinski definition) is 5. The van der Waals surface area contributed by atoms with Crippen LogP contribution in [0.2, 0.25) is 0 Å². The van der Waals surface area contributed by atoms with Crippen molar-refractivity contribution in [3.05, 3.63) is 103 Å². The van der Waals surface area contributed by atoms with Crippen molar-refractivity contribution in [3.8, 4) is 21.8 Å². The van der Waals surface area contributed by atoms with Gasteiger partial charge in [0.1, 0.15) is 11.2 Å². The molecular formula is C33H32N6S. The number of aromatic amines is 2. The largest absolute Gasteiger partial charge is 0.359 e. The van der Waals surface area contributed by atoms with Crippen molar-refractivity contribution < 1.29 is 0 Å².